The molecule has 0 aliphatic rings. The van der Waals surface area contributed by atoms with E-state index in [-0.39, 0.29) is 4.75 Å². The Kier molecular flexibility index (Phi) is 4.21. The van der Waals surface area contributed by atoms with Gasteiger partial charge in [-0.25, -0.2) is 9.19 Å². The Hall–Kier alpha value is -1.40. The predicted octanol–water partition coefficient (Wildman–Crippen LogP) is 3.09. The van der Waals surface area contributed by atoms with Crippen molar-refractivity contribution >= 4 is 28.5 Å². The van der Waals surface area contributed by atoms with Crippen LogP contribution in [0.1, 0.15) is 25.6 Å². The monoisotopic (exact) mass is 293 g/mol. The van der Waals surface area contributed by atoms with E-state index in [4.69, 9.17) is 0 Å². The highest BCUT2D eigenvalue weighted by Crippen LogP contribution is 2.23. The Morgan fingerprint density at radius 2 is 2.00 bits per heavy atom. The first-order chi connectivity index (χ1) is 8.97. The smallest absolute Gasteiger partial charge is 0.144 e. The first kappa shape index (κ1) is 14.0. The van der Waals surface area contributed by atoms with Crippen LogP contribution in [-0.2, 0) is 11.0 Å². The molecule has 0 spiro atoms. The maximum absolute atomic E-state index is 11.8. The molecule has 0 radical (unpaired) electrons. The van der Waals surface area contributed by atoms with Crippen LogP contribution in [0.5, 0.6) is 0 Å². The van der Waals surface area contributed by atoms with Crippen molar-refractivity contribution in [2.45, 2.75) is 25.5 Å². The molecule has 0 unspecified atom stereocenters. The number of rotatable bonds is 3. The van der Waals surface area contributed by atoms with Crippen molar-refractivity contribution in [2.24, 2.45) is 4.40 Å². The molecule has 0 N–H and O–H groups in total. The average Bonchev–Trinajstić information content (AvgIpc) is 2.84. The summed E-state index contributed by atoms with van der Waals surface area (Å²) in [5.41, 5.74) is 1.02. The zero-order valence-corrected chi connectivity index (χ0v) is 12.7. The van der Waals surface area contributed by atoms with Gasteiger partial charge in [0.2, 0.25) is 0 Å². The third kappa shape index (κ3) is 3.78. The minimum absolute atomic E-state index is 0.338. The van der Waals surface area contributed by atoms with Crippen molar-refractivity contribution in [1.82, 2.24) is 9.97 Å². The van der Waals surface area contributed by atoms with Crippen LogP contribution >= 0.6 is 11.3 Å². The largest absolute Gasteiger partial charge is 0.265 e. The topological polar surface area (TPSA) is 55.2 Å². The van der Waals surface area contributed by atoms with Gasteiger partial charge in [0.05, 0.1) is 15.8 Å². The van der Waals surface area contributed by atoms with E-state index in [1.54, 1.807) is 24.8 Å². The third-order valence-corrected chi connectivity index (χ3v) is 4.58. The van der Waals surface area contributed by atoms with Crippen LogP contribution < -0.4 is 0 Å². The molecular formula is C13H15N3OS2. The Balaban J connectivity index is 2.15. The molecule has 1 atom stereocenters. The molecule has 6 heteroatoms. The van der Waals surface area contributed by atoms with Gasteiger partial charge in [0.15, 0.2) is 0 Å². The maximum atomic E-state index is 11.8. The summed E-state index contributed by atoms with van der Waals surface area (Å²) in [5.74, 6) is 0. The normalized spacial score (nSPS) is 13.8. The lowest BCUT2D eigenvalue weighted by Crippen LogP contribution is -2.19. The van der Waals surface area contributed by atoms with Gasteiger partial charge >= 0.3 is 0 Å². The van der Waals surface area contributed by atoms with Crippen LogP contribution in [0.15, 0.2) is 35.1 Å². The summed E-state index contributed by atoms with van der Waals surface area (Å²) >= 11 is 1.52. The van der Waals surface area contributed by atoms with Crippen LogP contribution in [0.3, 0.4) is 0 Å². The molecule has 19 heavy (non-hydrogen) atoms. The molecular weight excluding hydrogens is 278 g/mol. The molecule has 2 aromatic heterocycles. The molecule has 0 amide bonds. The van der Waals surface area contributed by atoms with Gasteiger partial charge in [0, 0.05) is 24.2 Å². The summed E-state index contributed by atoms with van der Waals surface area (Å²) in [6.07, 6.45) is 6.84. The fraction of sp³-hybridized carbons (Fsp3) is 0.308. The summed E-state index contributed by atoms with van der Waals surface area (Å²) in [6, 6.07) is 3.82. The van der Waals surface area contributed by atoms with Crippen molar-refractivity contribution in [2.75, 3.05) is 0 Å². The van der Waals surface area contributed by atoms with Gasteiger partial charge in [-0.2, -0.15) is 4.40 Å². The molecule has 2 aromatic rings. The Morgan fingerprint density at radius 3 is 2.63 bits per heavy atom. The van der Waals surface area contributed by atoms with E-state index in [0.717, 1.165) is 15.4 Å². The molecule has 2 heterocycles. The fourth-order valence-electron chi connectivity index (χ4n) is 1.23. The maximum Gasteiger partial charge on any atom is 0.144 e. The van der Waals surface area contributed by atoms with Gasteiger partial charge in [0.1, 0.15) is 16.0 Å². The molecule has 0 aliphatic carbocycles. The van der Waals surface area contributed by atoms with Crippen molar-refractivity contribution < 1.29 is 4.21 Å². The highest BCUT2D eigenvalue weighted by Gasteiger charge is 2.18. The molecule has 4 nitrogen and oxygen atoms in total. The van der Waals surface area contributed by atoms with E-state index >= 15 is 0 Å². The van der Waals surface area contributed by atoms with Crippen molar-refractivity contribution in [3.8, 4) is 10.6 Å². The van der Waals surface area contributed by atoms with Crippen LogP contribution in [0.25, 0.3) is 10.6 Å². The van der Waals surface area contributed by atoms with E-state index in [1.807, 2.05) is 32.9 Å². The lowest BCUT2D eigenvalue weighted by Gasteiger charge is -2.12. The Morgan fingerprint density at radius 1 is 1.32 bits per heavy atom. The first-order valence-electron chi connectivity index (χ1n) is 5.79. The lowest BCUT2D eigenvalue weighted by atomic mass is 10.3. The minimum Gasteiger partial charge on any atom is -0.265 e. The summed E-state index contributed by atoms with van der Waals surface area (Å²) in [4.78, 5) is 9.19. The summed E-state index contributed by atoms with van der Waals surface area (Å²) in [6.45, 7) is 5.70. The molecule has 0 saturated carbocycles. The zero-order valence-electron chi connectivity index (χ0n) is 11.0. The summed E-state index contributed by atoms with van der Waals surface area (Å²) in [7, 11) is -1.23. The zero-order chi connectivity index (χ0) is 13.9. The average molecular weight is 293 g/mol. The number of nitrogens with zero attached hydrogens (tertiary/aromatic N) is 3. The minimum atomic E-state index is -1.23. The lowest BCUT2D eigenvalue weighted by molar-refractivity contribution is 0.651. The van der Waals surface area contributed by atoms with Gasteiger partial charge in [-0.15, -0.1) is 11.3 Å². The Labute approximate surface area is 119 Å². The number of hydrogen-bond donors (Lipinski definition) is 0. The number of pyridine rings is 1. The summed E-state index contributed by atoms with van der Waals surface area (Å²) < 4.78 is 15.5. The van der Waals surface area contributed by atoms with Crippen LogP contribution in [0.4, 0.5) is 0 Å². The molecule has 0 fully saturated rings. The van der Waals surface area contributed by atoms with Gasteiger partial charge in [0.25, 0.3) is 0 Å². The van der Waals surface area contributed by atoms with Crippen molar-refractivity contribution in [3.63, 3.8) is 0 Å². The van der Waals surface area contributed by atoms with Gasteiger partial charge in [-0.1, -0.05) is 0 Å². The molecule has 0 bridgehead atoms. The molecule has 0 aliphatic heterocycles. The molecule has 2 rings (SSSR count). The second kappa shape index (κ2) is 5.71. The van der Waals surface area contributed by atoms with E-state index in [1.165, 1.54) is 11.3 Å². The van der Waals surface area contributed by atoms with E-state index in [2.05, 4.69) is 14.4 Å². The van der Waals surface area contributed by atoms with E-state index < -0.39 is 11.0 Å². The highest BCUT2D eigenvalue weighted by atomic mass is 32.2. The highest BCUT2D eigenvalue weighted by molar-refractivity contribution is 7.85. The standard InChI is InChI=1S/C13H15N3OS2/c1-13(2,3)19(17)16-9-11-8-15-12(18-11)10-4-6-14-7-5-10/h4-9H,1-3H3/t19-/m1/s1. The third-order valence-electron chi connectivity index (χ3n) is 2.25. The quantitative estimate of drug-likeness (QED) is 0.817. The molecule has 100 valence electrons. The van der Waals surface area contributed by atoms with Crippen molar-refractivity contribution in [1.29, 1.82) is 0 Å². The van der Waals surface area contributed by atoms with Crippen LogP contribution in [-0.4, -0.2) is 25.1 Å². The summed E-state index contributed by atoms with van der Waals surface area (Å²) in [5, 5.41) is 0.908. The Bertz CT molecular complexity index is 600. The molecule has 0 saturated heterocycles. The van der Waals surface area contributed by atoms with Gasteiger partial charge in [-0.05, 0) is 32.9 Å². The fourth-order valence-corrected chi connectivity index (χ4v) is 2.62. The SMILES string of the molecule is CC(C)(C)[S@@](=O)N=Cc1cnc(-c2ccncc2)s1. The van der Waals surface area contributed by atoms with Crippen LogP contribution in [0, 0.1) is 0 Å². The second-order valence-corrected chi connectivity index (χ2v) is 7.90. The molecule has 0 aromatic carbocycles. The van der Waals surface area contributed by atoms with Gasteiger partial charge in [-0.3, -0.25) is 4.98 Å². The predicted molar refractivity (Wildman–Crippen MR) is 80.8 cm³/mol. The number of hydrogen-bond acceptors (Lipinski definition) is 4. The second-order valence-electron chi connectivity index (χ2n) is 4.90. The van der Waals surface area contributed by atoms with E-state index in [9.17, 15) is 4.21 Å². The van der Waals surface area contributed by atoms with Crippen molar-refractivity contribution in [3.05, 3.63) is 35.6 Å². The number of aromatic nitrogens is 2. The first-order valence-corrected chi connectivity index (χ1v) is 7.71. The van der Waals surface area contributed by atoms with Crippen LogP contribution in [0.2, 0.25) is 0 Å². The van der Waals surface area contributed by atoms with E-state index in [0.29, 0.717) is 0 Å². The number of thiazole rings is 1. The van der Waals surface area contributed by atoms with Gasteiger partial charge < -0.3 is 0 Å².